The zero-order valence-corrected chi connectivity index (χ0v) is 14.3. The van der Waals surface area contributed by atoms with Crippen molar-refractivity contribution in [1.82, 2.24) is 0 Å². The smallest absolute Gasteiger partial charge is 0.155 e. The van der Waals surface area contributed by atoms with E-state index in [0.717, 1.165) is 38.0 Å². The molecule has 0 spiro atoms. The highest BCUT2D eigenvalue weighted by atomic mass is 16.3. The Labute approximate surface area is 134 Å². The molecule has 1 N–H and O–H groups in total. The van der Waals surface area contributed by atoms with Crippen LogP contribution < -0.4 is 0 Å². The van der Waals surface area contributed by atoms with Crippen LogP contribution in [0.1, 0.15) is 65.7 Å². The quantitative estimate of drug-likeness (QED) is 0.730. The van der Waals surface area contributed by atoms with Gasteiger partial charge in [0.05, 0.1) is 6.10 Å². The second kappa shape index (κ2) is 4.69. The van der Waals surface area contributed by atoms with Crippen molar-refractivity contribution in [3.63, 3.8) is 0 Å². The van der Waals surface area contributed by atoms with Gasteiger partial charge in [-0.15, -0.1) is 0 Å². The van der Waals surface area contributed by atoms with E-state index in [4.69, 9.17) is 0 Å². The topological polar surface area (TPSA) is 37.3 Å². The molecule has 0 radical (unpaired) electrons. The Kier molecular flexibility index (Phi) is 3.18. The molecule has 2 heteroatoms. The first-order valence-electron chi connectivity index (χ1n) is 9.28. The lowest BCUT2D eigenvalue weighted by atomic mass is 9.45. The average molecular weight is 302 g/mol. The van der Waals surface area contributed by atoms with Gasteiger partial charge >= 0.3 is 0 Å². The van der Waals surface area contributed by atoms with E-state index in [1.54, 1.807) is 0 Å². The number of carbonyl (C=O) groups excluding carboxylic acids is 1. The fourth-order valence-electron chi connectivity index (χ4n) is 7.24. The van der Waals surface area contributed by atoms with Gasteiger partial charge in [0.1, 0.15) is 0 Å². The number of fused-ring (bicyclic) bond motifs is 5. The molecule has 0 aliphatic heterocycles. The highest BCUT2D eigenvalue weighted by molar-refractivity contribution is 5.91. The van der Waals surface area contributed by atoms with E-state index in [0.29, 0.717) is 23.5 Å². The van der Waals surface area contributed by atoms with Crippen molar-refractivity contribution in [3.8, 4) is 0 Å². The molecule has 0 heterocycles. The molecule has 7 atom stereocenters. The highest BCUT2D eigenvalue weighted by Gasteiger charge is 2.60. The fraction of sp³-hybridized carbons (Fsp3) is 0.850. The van der Waals surface area contributed by atoms with Crippen LogP contribution in [0, 0.1) is 34.5 Å². The summed E-state index contributed by atoms with van der Waals surface area (Å²) in [5.41, 5.74) is 1.83. The van der Waals surface area contributed by atoms with Gasteiger partial charge in [-0.25, -0.2) is 0 Å². The largest absolute Gasteiger partial charge is 0.393 e. The van der Waals surface area contributed by atoms with E-state index in [-0.39, 0.29) is 16.9 Å². The summed E-state index contributed by atoms with van der Waals surface area (Å²) in [6.45, 7) is 7.20. The summed E-state index contributed by atoms with van der Waals surface area (Å²) < 4.78 is 0. The van der Waals surface area contributed by atoms with Gasteiger partial charge in [-0.2, -0.15) is 0 Å². The molecule has 0 amide bonds. The molecule has 1 unspecified atom stereocenters. The van der Waals surface area contributed by atoms with E-state index < -0.39 is 0 Å². The van der Waals surface area contributed by atoms with Crippen LogP contribution in [0.5, 0.6) is 0 Å². The van der Waals surface area contributed by atoms with Crippen molar-refractivity contribution >= 4 is 5.78 Å². The molecule has 4 aliphatic carbocycles. The van der Waals surface area contributed by atoms with Crippen molar-refractivity contribution in [2.75, 3.05) is 0 Å². The van der Waals surface area contributed by atoms with E-state index in [2.05, 4.69) is 20.8 Å². The Morgan fingerprint density at radius 3 is 2.73 bits per heavy atom. The van der Waals surface area contributed by atoms with Crippen molar-refractivity contribution in [2.24, 2.45) is 34.5 Å². The summed E-state index contributed by atoms with van der Waals surface area (Å²) in [6.07, 6.45) is 9.39. The Bertz CT molecular complexity index is 536. The number of aliphatic hydroxyl groups excluding tert-OH is 1. The third-order valence-corrected chi connectivity index (χ3v) is 8.15. The van der Waals surface area contributed by atoms with Crippen LogP contribution >= 0.6 is 0 Å². The molecule has 0 bridgehead atoms. The Balaban J connectivity index is 1.74. The predicted octanol–water partition coefficient (Wildman–Crippen LogP) is 4.13. The maximum absolute atomic E-state index is 11.9. The highest BCUT2D eigenvalue weighted by Crippen LogP contribution is 2.66. The van der Waals surface area contributed by atoms with Crippen LogP contribution in [0.4, 0.5) is 0 Å². The first-order chi connectivity index (χ1) is 10.4. The number of carbonyl (C=O) groups is 1. The lowest BCUT2D eigenvalue weighted by molar-refractivity contribution is -0.121. The van der Waals surface area contributed by atoms with E-state index in [9.17, 15) is 9.90 Å². The normalized spacial score (nSPS) is 54.3. The van der Waals surface area contributed by atoms with Crippen molar-refractivity contribution in [2.45, 2.75) is 71.8 Å². The van der Waals surface area contributed by atoms with Crippen LogP contribution in [0.25, 0.3) is 0 Å². The molecular weight excluding hydrogens is 272 g/mol. The molecule has 3 fully saturated rings. The molecule has 3 saturated carbocycles. The van der Waals surface area contributed by atoms with Gasteiger partial charge in [0, 0.05) is 6.42 Å². The maximum atomic E-state index is 11.9. The molecule has 0 saturated heterocycles. The van der Waals surface area contributed by atoms with Crippen LogP contribution in [0.2, 0.25) is 0 Å². The van der Waals surface area contributed by atoms with E-state index in [1.807, 2.05) is 6.08 Å². The SMILES string of the molecule is CC1C[C@]2(C)[C@@H](O)CC[C@H]2[C@@H]2CCC3=CC(=O)CC[C@]3(C)[C@@H]12. The van der Waals surface area contributed by atoms with Gasteiger partial charge < -0.3 is 5.11 Å². The number of hydrogen-bond acceptors (Lipinski definition) is 2. The first kappa shape index (κ1) is 14.9. The van der Waals surface area contributed by atoms with Crippen molar-refractivity contribution in [1.29, 1.82) is 0 Å². The number of allylic oxidation sites excluding steroid dienone is 1. The van der Waals surface area contributed by atoms with Crippen LogP contribution in [-0.4, -0.2) is 17.0 Å². The molecule has 4 rings (SSSR count). The van der Waals surface area contributed by atoms with Gasteiger partial charge in [0.15, 0.2) is 5.78 Å². The van der Waals surface area contributed by atoms with Gasteiger partial charge in [-0.3, -0.25) is 4.79 Å². The third kappa shape index (κ3) is 1.79. The predicted molar refractivity (Wildman–Crippen MR) is 87.3 cm³/mol. The Hall–Kier alpha value is -0.630. The summed E-state index contributed by atoms with van der Waals surface area (Å²) >= 11 is 0. The number of rotatable bonds is 0. The summed E-state index contributed by atoms with van der Waals surface area (Å²) in [4.78, 5) is 11.9. The zero-order chi connectivity index (χ0) is 15.7. The van der Waals surface area contributed by atoms with E-state index in [1.165, 1.54) is 18.4 Å². The van der Waals surface area contributed by atoms with Gasteiger partial charge in [0.2, 0.25) is 0 Å². The van der Waals surface area contributed by atoms with Gasteiger partial charge in [-0.05, 0) is 79.1 Å². The van der Waals surface area contributed by atoms with Crippen LogP contribution in [-0.2, 0) is 4.79 Å². The lowest BCUT2D eigenvalue weighted by Gasteiger charge is -2.60. The van der Waals surface area contributed by atoms with E-state index >= 15 is 0 Å². The lowest BCUT2D eigenvalue weighted by Crippen LogP contribution is -2.54. The minimum Gasteiger partial charge on any atom is -0.393 e. The molecule has 122 valence electrons. The van der Waals surface area contributed by atoms with Crippen LogP contribution in [0.3, 0.4) is 0 Å². The van der Waals surface area contributed by atoms with Crippen molar-refractivity contribution in [3.05, 3.63) is 11.6 Å². The molecule has 0 aromatic carbocycles. The maximum Gasteiger partial charge on any atom is 0.155 e. The molecule has 22 heavy (non-hydrogen) atoms. The van der Waals surface area contributed by atoms with Gasteiger partial charge in [0.25, 0.3) is 0 Å². The van der Waals surface area contributed by atoms with Crippen LogP contribution in [0.15, 0.2) is 11.6 Å². The average Bonchev–Trinajstić information content (AvgIpc) is 2.75. The fourth-order valence-corrected chi connectivity index (χ4v) is 7.24. The van der Waals surface area contributed by atoms with Crippen molar-refractivity contribution < 1.29 is 9.90 Å². The molecule has 2 nitrogen and oxygen atoms in total. The Morgan fingerprint density at radius 1 is 1.18 bits per heavy atom. The second-order valence-electron chi connectivity index (χ2n) is 9.17. The molecule has 4 aliphatic rings. The molecular formula is C20H30O2. The minimum absolute atomic E-state index is 0.0985. The number of aliphatic hydroxyl groups is 1. The molecule has 0 aromatic heterocycles. The summed E-state index contributed by atoms with van der Waals surface area (Å²) in [6, 6.07) is 0. The summed E-state index contributed by atoms with van der Waals surface area (Å²) in [5.74, 6) is 3.15. The zero-order valence-electron chi connectivity index (χ0n) is 14.3. The second-order valence-corrected chi connectivity index (χ2v) is 9.17. The standard InChI is InChI=1S/C20H30O2/c1-12-11-20(3)16(6-7-17(20)22)15-5-4-13-10-14(21)8-9-19(13,2)18(12)15/h10,12,15-18,22H,4-9,11H2,1-3H3/t12?,15-,16-,17-,18-,19-,20-/m0/s1. The Morgan fingerprint density at radius 2 is 1.95 bits per heavy atom. The summed E-state index contributed by atoms with van der Waals surface area (Å²) in [5, 5.41) is 10.6. The third-order valence-electron chi connectivity index (χ3n) is 8.15. The minimum atomic E-state index is -0.0985. The number of hydrogen-bond donors (Lipinski definition) is 1. The number of ketones is 1. The first-order valence-corrected chi connectivity index (χ1v) is 9.28. The summed E-state index contributed by atoms with van der Waals surface area (Å²) in [7, 11) is 0. The monoisotopic (exact) mass is 302 g/mol. The molecule has 0 aromatic rings. The van der Waals surface area contributed by atoms with Gasteiger partial charge in [-0.1, -0.05) is 26.3 Å².